The summed E-state index contributed by atoms with van der Waals surface area (Å²) in [5, 5.41) is 15.4. The van der Waals surface area contributed by atoms with Gasteiger partial charge >= 0.3 is 18.4 Å². The lowest BCUT2D eigenvalue weighted by molar-refractivity contribution is -0.244. The zero-order chi connectivity index (χ0) is 42.7. The summed E-state index contributed by atoms with van der Waals surface area (Å²) in [6, 6.07) is 0.170. The molecule has 0 radical (unpaired) electrons. The monoisotopic (exact) mass is 841 g/mol. The van der Waals surface area contributed by atoms with Crippen LogP contribution in [0.5, 0.6) is 0 Å². The number of fused-ring (bicyclic) bond motifs is 3. The van der Waals surface area contributed by atoms with Gasteiger partial charge in [0.1, 0.15) is 23.4 Å². The molecule has 5 aliphatic rings. The largest absolute Gasteiger partial charge is 0.465 e. The molecule has 19 heteroatoms. The molecule has 5 amide bonds. The van der Waals surface area contributed by atoms with Crippen molar-refractivity contribution >= 4 is 39.9 Å². The Bertz CT molecular complexity index is 1990. The highest BCUT2D eigenvalue weighted by molar-refractivity contribution is 7.91. The number of sulfonamides is 1. The van der Waals surface area contributed by atoms with E-state index in [-0.39, 0.29) is 43.8 Å². The van der Waals surface area contributed by atoms with Crippen molar-refractivity contribution in [2.24, 2.45) is 23.7 Å². The highest BCUT2D eigenvalue weighted by Crippen LogP contribution is 2.49. The maximum absolute atomic E-state index is 15.1. The lowest BCUT2D eigenvalue weighted by Gasteiger charge is -2.35. The molecule has 8 atom stereocenters. The number of carboxylic acid groups (broad SMARTS) is 1. The third kappa shape index (κ3) is 8.11. The van der Waals surface area contributed by atoms with Crippen LogP contribution < -0.4 is 15.4 Å². The van der Waals surface area contributed by atoms with Gasteiger partial charge < -0.3 is 25.4 Å². The molecule has 3 aliphatic heterocycles. The maximum atomic E-state index is 15.1. The topological polar surface area (TPSA) is 192 Å². The van der Waals surface area contributed by atoms with E-state index < -0.39 is 104 Å². The summed E-state index contributed by atoms with van der Waals surface area (Å²) in [4.78, 5) is 71.5. The molecular weight excluding hydrogens is 791 g/mol. The smallest absolute Gasteiger partial charge is 0.427 e. The summed E-state index contributed by atoms with van der Waals surface area (Å²) in [7, 11) is -4.13. The van der Waals surface area contributed by atoms with Crippen LogP contribution in [0.15, 0.2) is 30.4 Å². The number of ether oxygens (including phenoxy) is 1. The summed E-state index contributed by atoms with van der Waals surface area (Å²) in [6.45, 7) is 5.87. The number of nitrogens with zero attached hydrogens (tertiary/aromatic N) is 2. The first-order chi connectivity index (χ1) is 26.9. The van der Waals surface area contributed by atoms with Gasteiger partial charge in [-0.2, -0.15) is 13.2 Å². The normalized spacial score (nSPS) is 31.7. The Hall–Kier alpha value is -4.42. The highest BCUT2D eigenvalue weighted by atomic mass is 32.2. The zero-order valence-corrected chi connectivity index (χ0v) is 33.8. The predicted octanol–water partition coefficient (Wildman–Crippen LogP) is 5.29. The van der Waals surface area contributed by atoms with Crippen LogP contribution in [0, 0.1) is 29.5 Å². The molecule has 0 bridgehead atoms. The fourth-order valence-corrected chi connectivity index (χ4v) is 9.94. The summed E-state index contributed by atoms with van der Waals surface area (Å²) in [5.41, 5.74) is -4.21. The van der Waals surface area contributed by atoms with Crippen LogP contribution in [-0.4, -0.2) is 93.9 Å². The minimum atomic E-state index is -4.96. The van der Waals surface area contributed by atoms with Crippen LogP contribution in [0.25, 0.3) is 0 Å². The molecule has 320 valence electrons. The third-order valence-corrected chi connectivity index (χ3v) is 15.0. The van der Waals surface area contributed by atoms with E-state index in [1.54, 1.807) is 19.1 Å². The summed E-state index contributed by atoms with van der Waals surface area (Å²) >= 11 is 0. The second kappa shape index (κ2) is 15.3. The first-order valence-electron chi connectivity index (χ1n) is 19.6. The van der Waals surface area contributed by atoms with Gasteiger partial charge in [0.2, 0.25) is 27.4 Å². The minimum absolute atomic E-state index is 0.0396. The molecule has 2 aliphatic carbocycles. The van der Waals surface area contributed by atoms with Crippen LogP contribution in [0.3, 0.4) is 0 Å². The number of alkyl carbamates (subject to hydrolysis) is 1. The number of carbonyl (C=O) groups is 5. The second-order valence-electron chi connectivity index (χ2n) is 17.4. The Morgan fingerprint density at radius 3 is 2.43 bits per heavy atom. The second-order valence-corrected chi connectivity index (χ2v) is 19.6. The first kappa shape index (κ1) is 43.2. The summed E-state index contributed by atoms with van der Waals surface area (Å²) in [6.07, 6.45) is -2.11. The minimum Gasteiger partial charge on any atom is -0.465 e. The lowest BCUT2D eigenvalue weighted by Crippen LogP contribution is -2.60. The number of carbonyl (C=O) groups excluding carboxylic acids is 4. The van der Waals surface area contributed by atoms with E-state index >= 15 is 4.39 Å². The molecule has 3 fully saturated rings. The standard InChI is InChI=1S/C39H51F4N5O9S/c1-6-22-16-21(2)10-7-8-11-24-18-38(24,33(51)46-58(55,56)37(5)14-15-37)45-31(49)28-17-23(30-25-12-9-13-27(40)26(25)20-48(30)35(53)54)19-47(28)32(50)29(22)44-34(52)57-36(3,4)39(41,42)43/h8-9,11-13,21-24,28-30H,6-7,10,14-20H2,1-5H3,(H,44,52)(H,45,49)(H,46,51)(H,53,54)/b11-8-/t21-,22+,23+,24+,28-,29-,30?,38+/m0/s1. The van der Waals surface area contributed by atoms with Gasteiger partial charge in [-0.05, 0) is 89.2 Å². The van der Waals surface area contributed by atoms with E-state index in [0.717, 1.165) is 9.80 Å². The number of benzene rings is 1. The van der Waals surface area contributed by atoms with E-state index in [0.29, 0.717) is 51.5 Å². The Kier molecular flexibility index (Phi) is 11.4. The molecule has 6 rings (SSSR count). The Balaban J connectivity index is 1.41. The number of alkyl halides is 3. The molecule has 14 nitrogen and oxygen atoms in total. The number of allylic oxidation sites excluding steroid dienone is 1. The van der Waals surface area contributed by atoms with Crippen molar-refractivity contribution in [2.75, 3.05) is 6.54 Å². The van der Waals surface area contributed by atoms with E-state index in [4.69, 9.17) is 4.74 Å². The number of halogens is 4. The van der Waals surface area contributed by atoms with Gasteiger partial charge in [0, 0.05) is 23.9 Å². The number of hydrogen-bond acceptors (Lipinski definition) is 8. The molecule has 1 aromatic rings. The average molecular weight is 842 g/mol. The Morgan fingerprint density at radius 2 is 1.81 bits per heavy atom. The number of hydrogen-bond donors (Lipinski definition) is 4. The average Bonchev–Trinajstić information content (AvgIpc) is 3.93. The molecule has 4 N–H and O–H groups in total. The fourth-order valence-electron chi connectivity index (χ4n) is 8.63. The van der Waals surface area contributed by atoms with Crippen LogP contribution in [0.1, 0.15) is 103 Å². The van der Waals surface area contributed by atoms with E-state index in [9.17, 15) is 50.7 Å². The van der Waals surface area contributed by atoms with Crippen molar-refractivity contribution in [1.29, 1.82) is 0 Å². The molecule has 2 saturated carbocycles. The van der Waals surface area contributed by atoms with E-state index in [1.807, 2.05) is 13.0 Å². The van der Waals surface area contributed by atoms with Crippen molar-refractivity contribution in [3.05, 3.63) is 47.3 Å². The van der Waals surface area contributed by atoms with Gasteiger partial charge in [-0.15, -0.1) is 0 Å². The highest BCUT2D eigenvalue weighted by Gasteiger charge is 2.63. The lowest BCUT2D eigenvalue weighted by atomic mass is 9.85. The molecule has 1 unspecified atom stereocenters. The number of amides is 5. The van der Waals surface area contributed by atoms with Crippen molar-refractivity contribution in [3.63, 3.8) is 0 Å². The van der Waals surface area contributed by atoms with Gasteiger partial charge in [0.05, 0.1) is 17.3 Å². The van der Waals surface area contributed by atoms with Gasteiger partial charge in [-0.1, -0.05) is 44.6 Å². The van der Waals surface area contributed by atoms with E-state index in [1.165, 1.54) is 19.1 Å². The zero-order valence-electron chi connectivity index (χ0n) is 33.0. The molecule has 3 heterocycles. The number of nitrogens with one attached hydrogen (secondary N) is 3. The Labute approximate surface area is 334 Å². The third-order valence-electron chi connectivity index (χ3n) is 12.8. The first-order valence-corrected chi connectivity index (χ1v) is 21.1. The van der Waals surface area contributed by atoms with Gasteiger partial charge in [-0.25, -0.2) is 22.4 Å². The van der Waals surface area contributed by atoms with Crippen molar-refractivity contribution in [3.8, 4) is 0 Å². The van der Waals surface area contributed by atoms with E-state index in [2.05, 4.69) is 15.4 Å². The predicted molar refractivity (Wildman–Crippen MR) is 199 cm³/mol. The molecule has 58 heavy (non-hydrogen) atoms. The van der Waals surface area contributed by atoms with Crippen LogP contribution >= 0.6 is 0 Å². The summed E-state index contributed by atoms with van der Waals surface area (Å²) < 4.78 is 88.7. The SMILES string of the molecule is CC[C@@H]1C[C@@H](C)CC/C=C\[C@@H]2C[C@@]2(C(=O)NS(=O)(=O)C2(C)CC2)NC(=O)[C@@H]2C[C@@H](C3c4cccc(F)c4CN3C(=O)O)CN2C(=O)[C@H]1NC(=O)OC(C)(C)C(F)(F)F. The van der Waals surface area contributed by atoms with Gasteiger partial charge in [-0.3, -0.25) is 24.0 Å². The van der Waals surface area contributed by atoms with Crippen molar-refractivity contribution in [1.82, 2.24) is 25.2 Å². The van der Waals surface area contributed by atoms with Crippen LogP contribution in [-0.2, 0) is 35.7 Å². The molecule has 1 aromatic carbocycles. The van der Waals surface area contributed by atoms with Crippen molar-refractivity contribution in [2.45, 2.75) is 133 Å². The quantitative estimate of drug-likeness (QED) is 0.209. The van der Waals surface area contributed by atoms with Crippen LogP contribution in [0.2, 0.25) is 0 Å². The molecule has 0 aromatic heterocycles. The molecule has 0 spiro atoms. The van der Waals surface area contributed by atoms with Crippen LogP contribution in [0.4, 0.5) is 27.2 Å². The van der Waals surface area contributed by atoms with Gasteiger partial charge in [0.25, 0.3) is 5.91 Å². The Morgan fingerprint density at radius 1 is 1.12 bits per heavy atom. The molecule has 1 saturated heterocycles. The fraction of sp³-hybridized carbons (Fsp3) is 0.667. The number of rotatable bonds is 7. The summed E-state index contributed by atoms with van der Waals surface area (Å²) in [5.74, 6) is -5.54. The van der Waals surface area contributed by atoms with Gasteiger partial charge in [0.15, 0.2) is 0 Å². The van der Waals surface area contributed by atoms with Crippen molar-refractivity contribution < 1.29 is 59.8 Å². The molecular formula is C39H51F4N5O9S. The maximum Gasteiger partial charge on any atom is 0.427 e.